The molecule has 1 aliphatic carbocycles. The minimum Gasteiger partial charge on any atom is -0.335 e. The molecule has 4 atom stereocenters. The highest BCUT2D eigenvalue weighted by Gasteiger charge is 2.49. The van der Waals surface area contributed by atoms with Crippen LogP contribution >= 0.6 is 11.6 Å². The van der Waals surface area contributed by atoms with Gasteiger partial charge in [-0.2, -0.15) is 0 Å². The predicted octanol–water partition coefficient (Wildman–Crippen LogP) is 5.55. The molecule has 0 spiro atoms. The topological polar surface area (TPSA) is 59.1 Å². The molecule has 0 aromatic heterocycles. The van der Waals surface area contributed by atoms with Gasteiger partial charge in [0.25, 0.3) is 0 Å². The Bertz CT molecular complexity index is 1050. The fourth-order valence-corrected chi connectivity index (χ4v) is 9.15. The Morgan fingerprint density at radius 2 is 1.55 bits per heavy atom. The van der Waals surface area contributed by atoms with E-state index in [9.17, 15) is 9.59 Å². The quantitative estimate of drug-likeness (QED) is 0.405. The van der Waals surface area contributed by atoms with E-state index in [1.54, 1.807) is 0 Å². The number of hydrogen-bond acceptors (Lipinski definition) is 4. The second-order valence-corrected chi connectivity index (χ2v) is 14.1. The summed E-state index contributed by atoms with van der Waals surface area (Å²) in [6, 6.07) is 9.40. The maximum atomic E-state index is 14.6. The van der Waals surface area contributed by atoms with E-state index in [0.717, 1.165) is 68.7 Å². The molecule has 0 radical (unpaired) electrons. The third-order valence-corrected chi connectivity index (χ3v) is 11.6. The summed E-state index contributed by atoms with van der Waals surface area (Å²) in [6.45, 7) is 9.12. The van der Waals surface area contributed by atoms with Crippen molar-refractivity contribution < 1.29 is 9.59 Å². The number of nitrogens with one attached hydrogen (secondary N) is 1. The van der Waals surface area contributed by atoms with Gasteiger partial charge in [0.05, 0.1) is 6.04 Å². The van der Waals surface area contributed by atoms with Gasteiger partial charge in [0.15, 0.2) is 0 Å². The van der Waals surface area contributed by atoms with Gasteiger partial charge in [-0.1, -0.05) is 43.0 Å². The van der Waals surface area contributed by atoms with E-state index >= 15 is 0 Å². The number of amides is 3. The molecule has 5 aliphatic heterocycles. The molecule has 5 heterocycles. The van der Waals surface area contributed by atoms with Crippen molar-refractivity contribution in [2.45, 2.75) is 127 Å². The van der Waals surface area contributed by atoms with Crippen molar-refractivity contribution in [1.29, 1.82) is 0 Å². The zero-order chi connectivity index (χ0) is 29.2. The molecular weight excluding hydrogens is 546 g/mol. The number of carbonyl (C=O) groups is 2. The summed E-state index contributed by atoms with van der Waals surface area (Å²) >= 11 is 6.21. The third-order valence-electron chi connectivity index (χ3n) is 11.3. The molecule has 7 nitrogen and oxygen atoms in total. The number of fused-ring (bicyclic) bond motifs is 5. The number of carbonyl (C=O) groups excluding carboxylic acids is 2. The molecule has 232 valence electrons. The van der Waals surface area contributed by atoms with Crippen molar-refractivity contribution in [1.82, 2.24) is 24.9 Å². The summed E-state index contributed by atoms with van der Waals surface area (Å²) in [7, 11) is 0. The molecule has 8 heteroatoms. The van der Waals surface area contributed by atoms with Crippen molar-refractivity contribution in [3.63, 3.8) is 0 Å². The van der Waals surface area contributed by atoms with Gasteiger partial charge >= 0.3 is 6.03 Å². The van der Waals surface area contributed by atoms with Gasteiger partial charge in [-0.25, -0.2) is 4.79 Å². The number of nitrogens with zero attached hydrogens (tertiary/aromatic N) is 4. The number of hydrogen-bond donors (Lipinski definition) is 1. The van der Waals surface area contributed by atoms with Crippen molar-refractivity contribution in [3.8, 4) is 0 Å². The summed E-state index contributed by atoms with van der Waals surface area (Å²) in [5, 5.41) is 4.64. The Kier molecular flexibility index (Phi) is 9.66. The van der Waals surface area contributed by atoms with Crippen LogP contribution in [0.5, 0.6) is 0 Å². The summed E-state index contributed by atoms with van der Waals surface area (Å²) in [6.07, 6.45) is 13.0. The first kappa shape index (κ1) is 30.2. The summed E-state index contributed by atoms with van der Waals surface area (Å²) < 4.78 is 0. The molecule has 6 aliphatic rings. The second kappa shape index (κ2) is 13.4. The van der Waals surface area contributed by atoms with Crippen LogP contribution in [-0.4, -0.2) is 101 Å². The lowest BCUT2D eigenvalue weighted by Gasteiger charge is -2.49. The minimum absolute atomic E-state index is 0.220. The molecule has 5 saturated heterocycles. The van der Waals surface area contributed by atoms with E-state index in [1.807, 2.05) is 17.0 Å². The van der Waals surface area contributed by atoms with Gasteiger partial charge in [-0.3, -0.25) is 4.79 Å². The van der Waals surface area contributed by atoms with E-state index in [4.69, 9.17) is 11.6 Å². The summed E-state index contributed by atoms with van der Waals surface area (Å²) in [4.78, 5) is 37.6. The number of rotatable bonds is 9. The summed E-state index contributed by atoms with van der Waals surface area (Å²) in [5.74, 6) is 0.930. The lowest BCUT2D eigenvalue weighted by Crippen LogP contribution is -2.63. The molecule has 3 amide bonds. The maximum Gasteiger partial charge on any atom is 0.320 e. The molecule has 1 N–H and O–H groups in total. The van der Waals surface area contributed by atoms with Crippen molar-refractivity contribution in [2.24, 2.45) is 5.92 Å². The first-order chi connectivity index (χ1) is 20.4. The first-order valence-corrected chi connectivity index (χ1v) is 17.4. The number of halogens is 1. The Balaban J connectivity index is 1.20. The van der Waals surface area contributed by atoms with Crippen molar-refractivity contribution in [2.75, 3.05) is 32.7 Å². The van der Waals surface area contributed by atoms with Gasteiger partial charge in [0, 0.05) is 54.9 Å². The average molecular weight is 598 g/mol. The number of piperidine rings is 4. The zero-order valence-corrected chi connectivity index (χ0v) is 26.6. The van der Waals surface area contributed by atoms with E-state index in [2.05, 4.69) is 46.0 Å². The molecule has 42 heavy (non-hydrogen) atoms. The summed E-state index contributed by atoms with van der Waals surface area (Å²) in [5.41, 5.74) is 1.15. The van der Waals surface area contributed by atoms with Gasteiger partial charge in [-0.05, 0) is 108 Å². The normalized spacial score (nSPS) is 31.6. The highest BCUT2D eigenvalue weighted by Crippen LogP contribution is 2.41. The van der Waals surface area contributed by atoms with Crippen LogP contribution in [0, 0.1) is 5.92 Å². The Hall–Kier alpha value is -1.83. The van der Waals surface area contributed by atoms with Gasteiger partial charge in [-0.15, -0.1) is 0 Å². The van der Waals surface area contributed by atoms with Crippen LogP contribution in [0.3, 0.4) is 0 Å². The number of benzene rings is 1. The fraction of sp³-hybridized carbons (Fsp3) is 0.765. The van der Waals surface area contributed by atoms with E-state index in [-0.39, 0.29) is 36.1 Å². The SMILES string of the molecule is CCN(CC)C(=O)N(C1CCCCC1)C1CC2CCC(C1)N2C(=O)[C@@H](Cc1ccc(Cl)cc1)NC1CN2CCC1CC2. The largest absolute Gasteiger partial charge is 0.335 e. The van der Waals surface area contributed by atoms with Crippen molar-refractivity contribution >= 4 is 23.5 Å². The highest BCUT2D eigenvalue weighted by atomic mass is 35.5. The monoisotopic (exact) mass is 597 g/mol. The van der Waals surface area contributed by atoms with E-state index in [1.165, 1.54) is 45.2 Å². The lowest BCUT2D eigenvalue weighted by atomic mass is 9.83. The van der Waals surface area contributed by atoms with Crippen LogP contribution in [0.1, 0.15) is 90.0 Å². The average Bonchev–Trinajstić information content (AvgIpc) is 3.28. The molecule has 1 saturated carbocycles. The standard InChI is InChI=1S/C34H52ClN5O2/c1-3-38(4-2)34(42)40(27-8-6-5-7-9-27)30-21-28-14-15-29(22-30)39(28)33(41)31(20-24-10-12-26(35)13-11-24)36-32-23-37-18-16-25(32)17-19-37/h10-13,25,27-32,36H,3-9,14-23H2,1-2H3/t28?,29?,30?,31-,32?/m1/s1. The van der Waals surface area contributed by atoms with Crippen LogP contribution < -0.4 is 5.32 Å². The van der Waals surface area contributed by atoms with Crippen molar-refractivity contribution in [3.05, 3.63) is 34.9 Å². The molecule has 4 bridgehead atoms. The molecule has 6 fully saturated rings. The predicted molar refractivity (Wildman–Crippen MR) is 169 cm³/mol. The Morgan fingerprint density at radius 3 is 2.12 bits per heavy atom. The zero-order valence-electron chi connectivity index (χ0n) is 25.9. The molecule has 1 aromatic rings. The maximum absolute atomic E-state index is 14.6. The van der Waals surface area contributed by atoms with Gasteiger partial charge in [0.1, 0.15) is 0 Å². The molecular formula is C34H52ClN5O2. The molecule has 7 rings (SSSR count). The highest BCUT2D eigenvalue weighted by molar-refractivity contribution is 6.30. The Labute approximate surface area is 258 Å². The van der Waals surface area contributed by atoms with Crippen LogP contribution in [-0.2, 0) is 11.2 Å². The van der Waals surface area contributed by atoms with Crippen LogP contribution in [0.15, 0.2) is 24.3 Å². The minimum atomic E-state index is -0.233. The van der Waals surface area contributed by atoms with Gasteiger partial charge in [0.2, 0.25) is 5.91 Å². The molecule has 3 unspecified atom stereocenters. The van der Waals surface area contributed by atoms with Crippen LogP contribution in [0.4, 0.5) is 4.79 Å². The second-order valence-electron chi connectivity index (χ2n) is 13.7. The number of urea groups is 1. The first-order valence-electron chi connectivity index (χ1n) is 17.1. The van der Waals surface area contributed by atoms with Crippen LogP contribution in [0.2, 0.25) is 5.02 Å². The van der Waals surface area contributed by atoms with E-state index < -0.39 is 0 Å². The van der Waals surface area contributed by atoms with Gasteiger partial charge < -0.3 is 24.9 Å². The van der Waals surface area contributed by atoms with Crippen LogP contribution in [0.25, 0.3) is 0 Å². The Morgan fingerprint density at radius 1 is 0.905 bits per heavy atom. The third kappa shape index (κ3) is 6.34. The smallest absolute Gasteiger partial charge is 0.320 e. The lowest BCUT2D eigenvalue weighted by molar-refractivity contribution is -0.139. The molecule has 1 aromatic carbocycles. The van der Waals surface area contributed by atoms with E-state index in [0.29, 0.717) is 24.4 Å². The fourth-order valence-electron chi connectivity index (χ4n) is 9.03.